The number of hydrogen-bond donors (Lipinski definition) is 1. The van der Waals surface area contributed by atoms with Crippen molar-refractivity contribution in [2.75, 3.05) is 13.1 Å². The third-order valence-corrected chi connectivity index (χ3v) is 6.03. The van der Waals surface area contributed by atoms with Crippen molar-refractivity contribution in [3.05, 3.63) is 56.7 Å². The second-order valence-electron chi connectivity index (χ2n) is 6.82. The minimum Gasteiger partial charge on any atom is -0.408 e. The number of likely N-dealkylation sites (tertiary alicyclic amines) is 1. The highest BCUT2D eigenvalue weighted by atomic mass is 32.1. The van der Waals surface area contributed by atoms with Crippen LogP contribution in [0.3, 0.4) is 0 Å². The molecule has 7 heteroatoms. The van der Waals surface area contributed by atoms with Crippen molar-refractivity contribution in [2.24, 2.45) is 5.92 Å². The molecule has 0 unspecified atom stereocenters. The van der Waals surface area contributed by atoms with E-state index in [0.29, 0.717) is 49.0 Å². The number of nitrogens with zero attached hydrogens (tertiary/aromatic N) is 1. The smallest absolute Gasteiger partial charge is 0.408 e. The number of carbonyl (C=O) groups is 2. The summed E-state index contributed by atoms with van der Waals surface area (Å²) in [7, 11) is 0. The predicted octanol–water partition coefficient (Wildman–Crippen LogP) is 3.24. The first kappa shape index (κ1) is 17.7. The molecule has 27 heavy (non-hydrogen) atoms. The quantitative estimate of drug-likeness (QED) is 0.685. The number of thiophene rings is 1. The highest BCUT2D eigenvalue weighted by Crippen LogP contribution is 2.24. The maximum absolute atomic E-state index is 12.8. The second kappa shape index (κ2) is 7.52. The van der Waals surface area contributed by atoms with E-state index in [0.717, 1.165) is 6.42 Å². The molecule has 1 N–H and O–H groups in total. The molecule has 0 atom stereocenters. The average Bonchev–Trinajstić information content (AvgIpc) is 3.33. The first-order valence-electron chi connectivity index (χ1n) is 9.07. The number of benzene rings is 1. The van der Waals surface area contributed by atoms with Crippen molar-refractivity contribution in [2.45, 2.75) is 25.7 Å². The Labute approximate surface area is 159 Å². The molecule has 1 amide bonds. The van der Waals surface area contributed by atoms with E-state index in [4.69, 9.17) is 4.42 Å². The van der Waals surface area contributed by atoms with Crippen LogP contribution in [-0.2, 0) is 11.2 Å². The fourth-order valence-electron chi connectivity index (χ4n) is 3.57. The lowest BCUT2D eigenvalue weighted by molar-refractivity contribution is -0.132. The Bertz CT molecular complexity index is 1010. The second-order valence-corrected chi connectivity index (χ2v) is 7.86. The molecule has 4 rings (SSSR count). The van der Waals surface area contributed by atoms with Gasteiger partial charge in [-0.1, -0.05) is 6.07 Å². The van der Waals surface area contributed by atoms with Crippen LogP contribution in [0, 0.1) is 5.92 Å². The predicted molar refractivity (Wildman–Crippen MR) is 103 cm³/mol. The normalized spacial score (nSPS) is 15.3. The zero-order valence-electron chi connectivity index (χ0n) is 14.8. The van der Waals surface area contributed by atoms with Gasteiger partial charge in [0.15, 0.2) is 11.4 Å². The number of carbonyl (C=O) groups excluding carboxylic acids is 2. The number of nitrogens with one attached hydrogen (secondary N) is 1. The minimum atomic E-state index is -0.524. The Morgan fingerprint density at radius 2 is 2.04 bits per heavy atom. The average molecular weight is 384 g/mol. The molecule has 1 aliphatic rings. The first-order chi connectivity index (χ1) is 13.1. The summed E-state index contributed by atoms with van der Waals surface area (Å²) in [6, 6.07) is 9.07. The van der Waals surface area contributed by atoms with Gasteiger partial charge in [-0.25, -0.2) is 4.79 Å². The lowest BCUT2D eigenvalue weighted by Crippen LogP contribution is -2.40. The van der Waals surface area contributed by atoms with E-state index < -0.39 is 5.76 Å². The molecule has 3 aromatic rings. The first-order valence-corrected chi connectivity index (χ1v) is 9.95. The van der Waals surface area contributed by atoms with Gasteiger partial charge in [-0.15, -0.1) is 11.3 Å². The molecule has 0 radical (unpaired) electrons. The van der Waals surface area contributed by atoms with Crippen molar-refractivity contribution in [3.63, 3.8) is 0 Å². The summed E-state index contributed by atoms with van der Waals surface area (Å²) in [6.07, 6.45) is 2.62. The highest BCUT2D eigenvalue weighted by Gasteiger charge is 2.28. The van der Waals surface area contributed by atoms with Crippen molar-refractivity contribution in [1.29, 1.82) is 0 Å². The summed E-state index contributed by atoms with van der Waals surface area (Å²) in [6.45, 7) is 1.22. The molecule has 1 aliphatic heterocycles. The van der Waals surface area contributed by atoms with Crippen molar-refractivity contribution in [3.8, 4) is 0 Å². The molecule has 6 nitrogen and oxygen atoms in total. The van der Waals surface area contributed by atoms with E-state index in [9.17, 15) is 14.4 Å². The number of aromatic amines is 1. The number of Topliss-reactive ketones (excluding diaryl/α,β-unsaturated/α-hetero) is 1. The monoisotopic (exact) mass is 384 g/mol. The van der Waals surface area contributed by atoms with Crippen LogP contribution in [0.4, 0.5) is 0 Å². The van der Waals surface area contributed by atoms with Gasteiger partial charge >= 0.3 is 5.76 Å². The van der Waals surface area contributed by atoms with Crippen LogP contribution in [0.15, 0.2) is 44.9 Å². The fraction of sp³-hybridized carbons (Fsp3) is 0.350. The van der Waals surface area contributed by atoms with E-state index in [1.54, 1.807) is 29.5 Å². The van der Waals surface area contributed by atoms with Crippen LogP contribution in [-0.4, -0.2) is 34.7 Å². The van der Waals surface area contributed by atoms with Crippen molar-refractivity contribution in [1.82, 2.24) is 9.88 Å². The molecule has 1 saturated heterocycles. The molecular formula is C20H20N2O4S. The van der Waals surface area contributed by atoms with E-state index in [1.165, 1.54) is 4.88 Å². The lowest BCUT2D eigenvalue weighted by atomic mass is 9.88. The Morgan fingerprint density at radius 1 is 1.22 bits per heavy atom. The number of ketones is 1. The maximum Gasteiger partial charge on any atom is 0.417 e. The number of rotatable bonds is 5. The van der Waals surface area contributed by atoms with Crippen molar-refractivity contribution >= 4 is 34.1 Å². The van der Waals surface area contributed by atoms with Crippen LogP contribution in [0.5, 0.6) is 0 Å². The van der Waals surface area contributed by atoms with Gasteiger partial charge in [0, 0.05) is 35.9 Å². The van der Waals surface area contributed by atoms with Gasteiger partial charge in [0.05, 0.1) is 5.52 Å². The minimum absolute atomic E-state index is 0.0476. The summed E-state index contributed by atoms with van der Waals surface area (Å²) in [5.74, 6) is -0.422. The van der Waals surface area contributed by atoms with E-state index in [1.807, 2.05) is 22.4 Å². The van der Waals surface area contributed by atoms with Gasteiger partial charge in [-0.2, -0.15) is 0 Å². The molecule has 1 aromatic carbocycles. The SMILES string of the molecule is O=C(c1ccc2[nH]c(=O)oc2c1)C1CCN(C(=O)CCc2cccs2)CC1. The highest BCUT2D eigenvalue weighted by molar-refractivity contribution is 7.09. The van der Waals surface area contributed by atoms with E-state index in [2.05, 4.69) is 4.98 Å². The summed E-state index contributed by atoms with van der Waals surface area (Å²) in [4.78, 5) is 42.1. The number of H-pyrrole nitrogens is 1. The molecule has 0 spiro atoms. The van der Waals surface area contributed by atoms with Crippen LogP contribution in [0.25, 0.3) is 11.1 Å². The molecule has 2 aromatic heterocycles. The Morgan fingerprint density at radius 3 is 2.78 bits per heavy atom. The van der Waals surface area contributed by atoms with Gasteiger partial charge in [-0.3, -0.25) is 14.6 Å². The van der Waals surface area contributed by atoms with Crippen LogP contribution in [0.1, 0.15) is 34.5 Å². The number of aromatic nitrogens is 1. The number of oxazole rings is 1. The van der Waals surface area contributed by atoms with E-state index >= 15 is 0 Å². The molecule has 0 aliphatic carbocycles. The van der Waals surface area contributed by atoms with Gasteiger partial charge in [0.1, 0.15) is 0 Å². The maximum atomic E-state index is 12.8. The zero-order valence-corrected chi connectivity index (χ0v) is 15.6. The number of amides is 1. The molecule has 0 saturated carbocycles. The molecule has 3 heterocycles. The number of aryl methyl sites for hydroxylation is 1. The topological polar surface area (TPSA) is 83.4 Å². The van der Waals surface area contributed by atoms with Gasteiger partial charge in [0.25, 0.3) is 0 Å². The molecule has 1 fully saturated rings. The van der Waals surface area contributed by atoms with Crippen LogP contribution >= 0.6 is 11.3 Å². The van der Waals surface area contributed by atoms with Gasteiger partial charge < -0.3 is 9.32 Å². The van der Waals surface area contributed by atoms with Crippen molar-refractivity contribution < 1.29 is 14.0 Å². The Hall–Kier alpha value is -2.67. The third kappa shape index (κ3) is 3.88. The Kier molecular flexibility index (Phi) is 4.94. The summed E-state index contributed by atoms with van der Waals surface area (Å²) >= 11 is 1.67. The van der Waals surface area contributed by atoms with Gasteiger partial charge in [0.2, 0.25) is 5.91 Å². The number of hydrogen-bond acceptors (Lipinski definition) is 5. The van der Waals surface area contributed by atoms with Crippen LogP contribution < -0.4 is 5.76 Å². The number of fused-ring (bicyclic) bond motifs is 1. The zero-order chi connectivity index (χ0) is 18.8. The fourth-order valence-corrected chi connectivity index (χ4v) is 4.28. The van der Waals surface area contributed by atoms with E-state index in [-0.39, 0.29) is 17.6 Å². The van der Waals surface area contributed by atoms with Gasteiger partial charge in [-0.05, 0) is 48.9 Å². The number of piperidine rings is 1. The molecule has 140 valence electrons. The lowest BCUT2D eigenvalue weighted by Gasteiger charge is -2.31. The summed E-state index contributed by atoms with van der Waals surface area (Å²) in [5, 5.41) is 2.02. The van der Waals surface area contributed by atoms with Crippen LogP contribution in [0.2, 0.25) is 0 Å². The summed E-state index contributed by atoms with van der Waals surface area (Å²) in [5.41, 5.74) is 1.53. The Balaban J connectivity index is 1.34. The standard InChI is InChI=1S/C20H20N2O4S/c23-18(6-4-15-2-1-11-27-15)22-9-7-13(8-10-22)19(24)14-3-5-16-17(12-14)26-20(25)21-16/h1-3,5,11-13H,4,6-10H2,(H,21,25). The molecule has 0 bridgehead atoms. The largest absolute Gasteiger partial charge is 0.417 e. The third-order valence-electron chi connectivity index (χ3n) is 5.09. The summed E-state index contributed by atoms with van der Waals surface area (Å²) < 4.78 is 5.04. The molecular weight excluding hydrogens is 364 g/mol.